The average Bonchev–Trinajstić information content (AvgIpc) is 2.78. The summed E-state index contributed by atoms with van der Waals surface area (Å²) in [6.45, 7) is 8.51. The summed E-state index contributed by atoms with van der Waals surface area (Å²) in [7, 11) is 0. The molecule has 1 saturated heterocycles. The van der Waals surface area contributed by atoms with Gasteiger partial charge in [-0.25, -0.2) is 14.8 Å². The van der Waals surface area contributed by atoms with Gasteiger partial charge in [0, 0.05) is 37.7 Å². The van der Waals surface area contributed by atoms with Crippen LogP contribution in [0.15, 0.2) is 30.3 Å². The van der Waals surface area contributed by atoms with Crippen LogP contribution < -0.4 is 0 Å². The van der Waals surface area contributed by atoms with E-state index in [1.807, 2.05) is 44.2 Å². The van der Waals surface area contributed by atoms with E-state index in [0.717, 1.165) is 0 Å². The fourth-order valence-corrected chi connectivity index (χ4v) is 3.79. The second-order valence-electron chi connectivity index (χ2n) is 7.47. The number of benzene rings is 1. The van der Waals surface area contributed by atoms with E-state index >= 15 is 0 Å². The van der Waals surface area contributed by atoms with E-state index in [4.69, 9.17) is 4.74 Å². The van der Waals surface area contributed by atoms with Crippen molar-refractivity contribution < 1.29 is 19.1 Å². The molecule has 1 fully saturated rings. The molecule has 0 saturated carbocycles. The molecule has 1 atom stereocenters. The maximum atomic E-state index is 13.5. The predicted molar refractivity (Wildman–Crippen MR) is 116 cm³/mol. The van der Waals surface area contributed by atoms with Gasteiger partial charge in [0.15, 0.2) is 0 Å². The van der Waals surface area contributed by atoms with Crippen molar-refractivity contribution in [2.75, 3.05) is 26.2 Å². The van der Waals surface area contributed by atoms with Gasteiger partial charge in [-0.3, -0.25) is 9.59 Å². The number of carbonyl (C=O) groups is 3. The smallest absolute Gasteiger partial charge is 0.342 e. The van der Waals surface area contributed by atoms with Gasteiger partial charge in [-0.1, -0.05) is 37.3 Å². The van der Waals surface area contributed by atoms with Crippen LogP contribution in [0.2, 0.25) is 0 Å². The van der Waals surface area contributed by atoms with Crippen molar-refractivity contribution in [3.63, 3.8) is 0 Å². The minimum Gasteiger partial charge on any atom is -0.462 e. The van der Waals surface area contributed by atoms with Gasteiger partial charge in [0.25, 0.3) is 5.91 Å². The minimum absolute atomic E-state index is 0.0345. The summed E-state index contributed by atoms with van der Waals surface area (Å²) in [6.07, 6.45) is 0.427. The third-order valence-electron chi connectivity index (χ3n) is 5.29. The van der Waals surface area contributed by atoms with Crippen molar-refractivity contribution >= 4 is 17.8 Å². The number of aryl methyl sites for hydroxylation is 1. The average molecular weight is 425 g/mol. The molecule has 1 aliphatic rings. The van der Waals surface area contributed by atoms with Crippen LogP contribution in [0.5, 0.6) is 0 Å². The minimum atomic E-state index is -0.627. The molecule has 2 amide bonds. The fraction of sp³-hybridized carbons (Fsp3) is 0.435. The van der Waals surface area contributed by atoms with Crippen LogP contribution in [0, 0.1) is 6.92 Å². The van der Waals surface area contributed by atoms with E-state index in [-0.39, 0.29) is 35.7 Å². The van der Waals surface area contributed by atoms with E-state index in [2.05, 4.69) is 9.97 Å². The number of piperazine rings is 1. The number of hydrogen-bond acceptors (Lipinski definition) is 6. The highest BCUT2D eigenvalue weighted by molar-refractivity contribution is 6.07. The van der Waals surface area contributed by atoms with Crippen molar-refractivity contribution in [1.82, 2.24) is 19.8 Å². The monoisotopic (exact) mass is 424 g/mol. The lowest BCUT2D eigenvalue weighted by atomic mass is 10.0. The molecular weight excluding hydrogens is 396 g/mol. The Labute approximate surface area is 182 Å². The Kier molecular flexibility index (Phi) is 6.99. The van der Waals surface area contributed by atoms with Crippen molar-refractivity contribution in [2.24, 2.45) is 0 Å². The van der Waals surface area contributed by atoms with Crippen LogP contribution in [-0.2, 0) is 9.53 Å². The molecule has 1 unspecified atom stereocenters. The van der Waals surface area contributed by atoms with Crippen LogP contribution in [0.3, 0.4) is 0 Å². The third kappa shape index (κ3) is 4.73. The van der Waals surface area contributed by atoms with E-state index < -0.39 is 5.97 Å². The SMILES string of the molecule is CCOC(=O)c1c(C(=O)N2CCN(C(=O)CC)C(C)C2)nc(C)nc1-c1ccccc1. The number of amides is 2. The summed E-state index contributed by atoms with van der Waals surface area (Å²) in [4.78, 5) is 50.7. The van der Waals surface area contributed by atoms with Crippen molar-refractivity contribution in [1.29, 1.82) is 0 Å². The van der Waals surface area contributed by atoms with Gasteiger partial charge in [-0.05, 0) is 20.8 Å². The molecule has 3 rings (SSSR count). The van der Waals surface area contributed by atoms with Crippen LogP contribution >= 0.6 is 0 Å². The number of aromatic nitrogens is 2. The standard InChI is InChI=1S/C23H28N4O4/c1-5-18(28)27-13-12-26(14-15(27)3)22(29)21-19(23(30)31-6-2)20(24-16(4)25-21)17-10-8-7-9-11-17/h7-11,15H,5-6,12-14H2,1-4H3. The van der Waals surface area contributed by atoms with Gasteiger partial charge < -0.3 is 14.5 Å². The lowest BCUT2D eigenvalue weighted by Crippen LogP contribution is -2.55. The highest BCUT2D eigenvalue weighted by Crippen LogP contribution is 2.26. The molecule has 164 valence electrons. The van der Waals surface area contributed by atoms with Crippen molar-refractivity contribution in [3.05, 3.63) is 47.4 Å². The first-order chi connectivity index (χ1) is 14.9. The quantitative estimate of drug-likeness (QED) is 0.685. The summed E-state index contributed by atoms with van der Waals surface area (Å²) in [5.41, 5.74) is 1.19. The van der Waals surface area contributed by atoms with Crippen molar-refractivity contribution in [2.45, 2.75) is 40.2 Å². The topological polar surface area (TPSA) is 92.7 Å². The van der Waals surface area contributed by atoms with Crippen LogP contribution in [-0.4, -0.2) is 69.8 Å². The lowest BCUT2D eigenvalue weighted by Gasteiger charge is -2.39. The zero-order chi connectivity index (χ0) is 22.5. The number of nitrogens with zero attached hydrogens (tertiary/aromatic N) is 4. The first-order valence-electron chi connectivity index (χ1n) is 10.6. The predicted octanol–water partition coefficient (Wildman–Crippen LogP) is 2.71. The largest absolute Gasteiger partial charge is 0.462 e. The van der Waals surface area contributed by atoms with Crippen LogP contribution in [0.4, 0.5) is 0 Å². The maximum Gasteiger partial charge on any atom is 0.342 e. The van der Waals surface area contributed by atoms with Gasteiger partial charge in [0.1, 0.15) is 17.1 Å². The fourth-order valence-electron chi connectivity index (χ4n) is 3.79. The third-order valence-corrected chi connectivity index (χ3v) is 5.29. The Bertz CT molecular complexity index is 977. The number of rotatable bonds is 5. The molecule has 8 heteroatoms. The second-order valence-corrected chi connectivity index (χ2v) is 7.47. The Morgan fingerprint density at radius 3 is 2.42 bits per heavy atom. The first kappa shape index (κ1) is 22.4. The zero-order valence-corrected chi connectivity index (χ0v) is 18.4. The van der Waals surface area contributed by atoms with Gasteiger partial charge in [-0.2, -0.15) is 0 Å². The number of hydrogen-bond donors (Lipinski definition) is 0. The molecular formula is C23H28N4O4. The summed E-state index contributed by atoms with van der Waals surface area (Å²) >= 11 is 0. The summed E-state index contributed by atoms with van der Waals surface area (Å²) in [5, 5.41) is 0. The molecule has 0 radical (unpaired) electrons. The van der Waals surface area contributed by atoms with Crippen LogP contribution in [0.1, 0.15) is 53.9 Å². The van der Waals surface area contributed by atoms with E-state index in [1.54, 1.807) is 23.6 Å². The molecule has 1 aliphatic heterocycles. The van der Waals surface area contributed by atoms with Gasteiger partial charge in [0.05, 0.1) is 12.3 Å². The Morgan fingerprint density at radius 2 is 1.81 bits per heavy atom. The second kappa shape index (κ2) is 9.68. The molecule has 0 aliphatic carbocycles. The van der Waals surface area contributed by atoms with E-state index in [1.165, 1.54) is 0 Å². The first-order valence-corrected chi connectivity index (χ1v) is 10.6. The molecule has 2 aromatic rings. The number of esters is 1. The number of ether oxygens (including phenoxy) is 1. The summed E-state index contributed by atoms with van der Waals surface area (Å²) in [5.74, 6) is -0.530. The highest BCUT2D eigenvalue weighted by Gasteiger charge is 2.34. The molecule has 0 N–H and O–H groups in total. The molecule has 1 aromatic heterocycles. The molecule has 1 aromatic carbocycles. The zero-order valence-electron chi connectivity index (χ0n) is 18.4. The van der Waals surface area contributed by atoms with E-state index in [9.17, 15) is 14.4 Å². The molecule has 0 spiro atoms. The maximum absolute atomic E-state index is 13.5. The normalized spacial score (nSPS) is 16.2. The Hall–Kier alpha value is -3.29. The van der Waals surface area contributed by atoms with Gasteiger partial charge >= 0.3 is 5.97 Å². The summed E-state index contributed by atoms with van der Waals surface area (Å²) < 4.78 is 5.25. The Morgan fingerprint density at radius 1 is 1.10 bits per heavy atom. The molecule has 8 nitrogen and oxygen atoms in total. The van der Waals surface area contributed by atoms with Gasteiger partial charge in [-0.15, -0.1) is 0 Å². The molecule has 2 heterocycles. The van der Waals surface area contributed by atoms with Crippen molar-refractivity contribution in [3.8, 4) is 11.3 Å². The molecule has 31 heavy (non-hydrogen) atoms. The molecule has 0 bridgehead atoms. The van der Waals surface area contributed by atoms with Gasteiger partial charge in [0.2, 0.25) is 5.91 Å². The highest BCUT2D eigenvalue weighted by atomic mass is 16.5. The summed E-state index contributed by atoms with van der Waals surface area (Å²) in [6, 6.07) is 9.09. The number of carbonyl (C=O) groups excluding carboxylic acids is 3. The van der Waals surface area contributed by atoms with E-state index in [0.29, 0.717) is 43.1 Å². The van der Waals surface area contributed by atoms with Crippen LogP contribution in [0.25, 0.3) is 11.3 Å². The lowest BCUT2D eigenvalue weighted by molar-refractivity contribution is -0.134. The Balaban J connectivity index is 2.02.